The van der Waals surface area contributed by atoms with Crippen molar-refractivity contribution in [2.45, 2.75) is 12.8 Å². The predicted octanol–water partition coefficient (Wildman–Crippen LogP) is 2.73. The summed E-state index contributed by atoms with van der Waals surface area (Å²) < 4.78 is 10.7. The van der Waals surface area contributed by atoms with Crippen LogP contribution < -0.4 is 14.8 Å². The number of benzene rings is 2. The van der Waals surface area contributed by atoms with Crippen LogP contribution in [0.15, 0.2) is 48.5 Å². The number of carbonyl (C=O) groups excluding carboxylic acids is 2. The maximum absolute atomic E-state index is 12.0. The predicted molar refractivity (Wildman–Crippen MR) is 101 cm³/mol. The zero-order valence-corrected chi connectivity index (χ0v) is 15.3. The lowest BCUT2D eigenvalue weighted by Crippen LogP contribution is -2.21. The van der Waals surface area contributed by atoms with E-state index >= 15 is 0 Å². The molecule has 2 rings (SSSR count). The quantitative estimate of drug-likeness (QED) is 0.790. The molecule has 0 bridgehead atoms. The molecule has 0 fully saturated rings. The molecule has 26 heavy (non-hydrogen) atoms. The Kier molecular flexibility index (Phi) is 7.02. The number of nitrogens with zero attached hydrogens (tertiary/aromatic N) is 1. The van der Waals surface area contributed by atoms with Gasteiger partial charge in [-0.25, -0.2) is 0 Å². The number of para-hydroxylation sites is 2. The Bertz CT molecular complexity index is 742. The normalized spacial score (nSPS) is 10.1. The molecule has 0 aliphatic heterocycles. The number of anilines is 1. The van der Waals surface area contributed by atoms with Crippen molar-refractivity contribution in [3.05, 3.63) is 54.1 Å². The highest BCUT2D eigenvalue weighted by molar-refractivity contribution is 5.91. The van der Waals surface area contributed by atoms with Crippen LogP contribution in [0.5, 0.6) is 11.5 Å². The molecule has 6 heteroatoms. The van der Waals surface area contributed by atoms with E-state index in [1.807, 2.05) is 36.4 Å². The van der Waals surface area contributed by atoms with Crippen molar-refractivity contribution in [3.63, 3.8) is 0 Å². The zero-order chi connectivity index (χ0) is 18.9. The number of methoxy groups -OCH3 is 1. The number of amides is 2. The third kappa shape index (κ3) is 5.81. The van der Waals surface area contributed by atoms with E-state index in [4.69, 9.17) is 9.47 Å². The smallest absolute Gasteiger partial charge is 0.262 e. The fraction of sp³-hybridized carbons (Fsp3) is 0.300. The summed E-state index contributed by atoms with van der Waals surface area (Å²) in [6.45, 7) is -0.112. The van der Waals surface area contributed by atoms with E-state index in [1.54, 1.807) is 38.2 Å². The summed E-state index contributed by atoms with van der Waals surface area (Å²) in [5.74, 6) is 0.935. The van der Waals surface area contributed by atoms with Gasteiger partial charge in [0.15, 0.2) is 18.1 Å². The van der Waals surface area contributed by atoms with E-state index in [2.05, 4.69) is 5.32 Å². The maximum Gasteiger partial charge on any atom is 0.262 e. The lowest BCUT2D eigenvalue weighted by Gasteiger charge is -2.11. The maximum atomic E-state index is 12.0. The van der Waals surface area contributed by atoms with Crippen LogP contribution in [-0.4, -0.2) is 44.5 Å². The van der Waals surface area contributed by atoms with Gasteiger partial charge in [-0.3, -0.25) is 9.59 Å². The first kappa shape index (κ1) is 19.3. The van der Waals surface area contributed by atoms with Gasteiger partial charge < -0.3 is 19.7 Å². The molecule has 0 aliphatic carbocycles. The molecular weight excluding hydrogens is 332 g/mol. The van der Waals surface area contributed by atoms with Crippen LogP contribution in [-0.2, 0) is 16.0 Å². The molecule has 0 saturated carbocycles. The number of hydrogen-bond donors (Lipinski definition) is 1. The second kappa shape index (κ2) is 9.46. The molecule has 6 nitrogen and oxygen atoms in total. The van der Waals surface area contributed by atoms with Gasteiger partial charge in [0.1, 0.15) is 0 Å². The number of aryl methyl sites for hydroxylation is 1. The molecule has 2 aromatic carbocycles. The van der Waals surface area contributed by atoms with Crippen molar-refractivity contribution in [1.29, 1.82) is 0 Å². The van der Waals surface area contributed by atoms with Gasteiger partial charge in [-0.05, 0) is 36.2 Å². The topological polar surface area (TPSA) is 67.9 Å². The van der Waals surface area contributed by atoms with Crippen LogP contribution >= 0.6 is 0 Å². The Morgan fingerprint density at radius 2 is 1.65 bits per heavy atom. The van der Waals surface area contributed by atoms with Gasteiger partial charge in [0.25, 0.3) is 5.91 Å². The molecule has 2 amide bonds. The van der Waals surface area contributed by atoms with E-state index in [0.717, 1.165) is 5.56 Å². The van der Waals surface area contributed by atoms with Gasteiger partial charge in [0.05, 0.1) is 7.11 Å². The summed E-state index contributed by atoms with van der Waals surface area (Å²) in [6, 6.07) is 14.6. The first-order valence-corrected chi connectivity index (χ1v) is 8.34. The molecule has 0 unspecified atom stereocenters. The largest absolute Gasteiger partial charge is 0.493 e. The van der Waals surface area contributed by atoms with Gasteiger partial charge in [-0.15, -0.1) is 0 Å². The van der Waals surface area contributed by atoms with Crippen molar-refractivity contribution in [2.75, 3.05) is 33.1 Å². The van der Waals surface area contributed by atoms with Crippen molar-refractivity contribution in [1.82, 2.24) is 4.90 Å². The van der Waals surface area contributed by atoms with Crippen molar-refractivity contribution >= 4 is 17.5 Å². The second-order valence-corrected chi connectivity index (χ2v) is 5.97. The molecule has 0 spiro atoms. The van der Waals surface area contributed by atoms with E-state index in [9.17, 15) is 9.59 Å². The van der Waals surface area contributed by atoms with Crippen LogP contribution in [0.1, 0.15) is 12.0 Å². The average Bonchev–Trinajstić information content (AvgIpc) is 2.65. The van der Waals surface area contributed by atoms with E-state index in [1.165, 1.54) is 0 Å². The molecule has 1 N–H and O–H groups in total. The second-order valence-electron chi connectivity index (χ2n) is 5.97. The third-order valence-electron chi connectivity index (χ3n) is 3.79. The molecule has 138 valence electrons. The lowest BCUT2D eigenvalue weighted by atomic mass is 10.1. The van der Waals surface area contributed by atoms with Gasteiger partial charge in [-0.2, -0.15) is 0 Å². The highest BCUT2D eigenvalue weighted by Crippen LogP contribution is 2.25. The monoisotopic (exact) mass is 356 g/mol. The number of carbonyl (C=O) groups is 2. The number of ether oxygens (including phenoxy) is 2. The first-order chi connectivity index (χ1) is 12.5. The lowest BCUT2D eigenvalue weighted by molar-refractivity contribution is -0.128. The van der Waals surface area contributed by atoms with E-state index in [-0.39, 0.29) is 18.4 Å². The standard InChI is InChI=1S/C20H24N2O4/c1-22(2)20(24)13-10-15-8-11-16(12-9-15)21-19(23)14-26-18-7-5-4-6-17(18)25-3/h4-9,11-12H,10,13-14H2,1-3H3,(H,21,23). The molecule has 2 aromatic rings. The molecule has 0 aromatic heterocycles. The minimum Gasteiger partial charge on any atom is -0.493 e. The molecule has 0 saturated heterocycles. The van der Waals surface area contributed by atoms with E-state index < -0.39 is 0 Å². The zero-order valence-electron chi connectivity index (χ0n) is 15.3. The first-order valence-electron chi connectivity index (χ1n) is 8.34. The minimum atomic E-state index is -0.258. The minimum absolute atomic E-state index is 0.0934. The van der Waals surface area contributed by atoms with Gasteiger partial charge in [0.2, 0.25) is 5.91 Å². The molecule has 0 atom stereocenters. The Morgan fingerprint density at radius 1 is 1.00 bits per heavy atom. The van der Waals surface area contributed by atoms with Crippen molar-refractivity contribution < 1.29 is 19.1 Å². The summed E-state index contributed by atoms with van der Waals surface area (Å²) >= 11 is 0. The van der Waals surface area contributed by atoms with Crippen LogP contribution in [0.4, 0.5) is 5.69 Å². The van der Waals surface area contributed by atoms with E-state index in [0.29, 0.717) is 30.0 Å². The number of rotatable bonds is 8. The highest BCUT2D eigenvalue weighted by Gasteiger charge is 2.08. The summed E-state index contributed by atoms with van der Waals surface area (Å²) in [5.41, 5.74) is 1.73. The SMILES string of the molecule is COc1ccccc1OCC(=O)Nc1ccc(CCC(=O)N(C)C)cc1. The average molecular weight is 356 g/mol. The van der Waals surface area contributed by atoms with Crippen LogP contribution in [0.2, 0.25) is 0 Å². The van der Waals surface area contributed by atoms with Crippen molar-refractivity contribution in [3.8, 4) is 11.5 Å². The fourth-order valence-electron chi connectivity index (χ4n) is 2.31. The summed E-state index contributed by atoms with van der Waals surface area (Å²) in [7, 11) is 5.04. The Balaban J connectivity index is 1.82. The summed E-state index contributed by atoms with van der Waals surface area (Å²) in [6.07, 6.45) is 1.13. The van der Waals surface area contributed by atoms with Crippen molar-refractivity contribution in [2.24, 2.45) is 0 Å². The van der Waals surface area contributed by atoms with Gasteiger partial charge in [0, 0.05) is 26.2 Å². The van der Waals surface area contributed by atoms with Crippen LogP contribution in [0.25, 0.3) is 0 Å². The third-order valence-corrected chi connectivity index (χ3v) is 3.79. The van der Waals surface area contributed by atoms with Crippen LogP contribution in [0.3, 0.4) is 0 Å². The Labute approximate surface area is 153 Å². The molecular formula is C20H24N2O4. The number of nitrogens with one attached hydrogen (secondary N) is 1. The molecule has 0 heterocycles. The van der Waals surface area contributed by atoms with Crippen LogP contribution in [0, 0.1) is 0 Å². The molecule has 0 aliphatic rings. The Hall–Kier alpha value is -3.02. The fourth-order valence-corrected chi connectivity index (χ4v) is 2.31. The summed E-state index contributed by atoms with van der Waals surface area (Å²) in [5, 5.41) is 2.78. The van der Waals surface area contributed by atoms with Gasteiger partial charge >= 0.3 is 0 Å². The molecule has 0 radical (unpaired) electrons. The van der Waals surface area contributed by atoms with Gasteiger partial charge in [-0.1, -0.05) is 24.3 Å². The highest BCUT2D eigenvalue weighted by atomic mass is 16.5. The summed E-state index contributed by atoms with van der Waals surface area (Å²) in [4.78, 5) is 25.2. The number of hydrogen-bond acceptors (Lipinski definition) is 4. The Morgan fingerprint density at radius 3 is 2.27 bits per heavy atom.